The van der Waals surface area contributed by atoms with Gasteiger partial charge in [0.15, 0.2) is 0 Å². The number of likely N-dealkylation sites (tertiary alicyclic amines) is 1. The van der Waals surface area contributed by atoms with Crippen molar-refractivity contribution in [2.45, 2.75) is 44.4 Å². The lowest BCUT2D eigenvalue weighted by Gasteiger charge is -2.50. The number of rotatable bonds is 3. The van der Waals surface area contributed by atoms with Gasteiger partial charge in [0.2, 0.25) is 5.91 Å². The highest BCUT2D eigenvalue weighted by Gasteiger charge is 2.49. The predicted octanol–water partition coefficient (Wildman–Crippen LogP) is 0.607. The summed E-state index contributed by atoms with van der Waals surface area (Å²) in [5.74, 6) is 0.274. The van der Waals surface area contributed by atoms with E-state index < -0.39 is 25.6 Å². The standard InChI is InChI=1S/C16H19N2O6P/c1-16(2)15(24-25(20,21)22)14(18-7-3-4-13(18)19)11-8-10(9-17)5-6-12(11)23-16/h5-6,8,14-15H,3-4,7H2,1-2H3,(H2,20,21,22)/p-2. The number of fused-ring (bicyclic) bond motifs is 1. The molecule has 0 aromatic heterocycles. The number of hydrogen-bond acceptors (Lipinski definition) is 7. The first-order chi connectivity index (χ1) is 11.6. The summed E-state index contributed by atoms with van der Waals surface area (Å²) in [4.78, 5) is 36.4. The SMILES string of the molecule is CC1(C)Oc2ccc(C#N)cc2C(N2CCCC2=O)C1OP(=O)([O-])[O-]. The fraction of sp³-hybridized carbons (Fsp3) is 0.500. The monoisotopic (exact) mass is 364 g/mol. The molecule has 134 valence electrons. The van der Waals surface area contributed by atoms with Gasteiger partial charge in [0.1, 0.15) is 17.5 Å². The highest BCUT2D eigenvalue weighted by Crippen LogP contribution is 2.49. The maximum Gasteiger partial charge on any atom is 0.223 e. The van der Waals surface area contributed by atoms with Gasteiger partial charge in [-0.1, -0.05) is 0 Å². The molecule has 0 saturated carbocycles. The Kier molecular flexibility index (Phi) is 4.38. The number of nitrogens with zero attached hydrogens (tertiary/aromatic N) is 2. The molecule has 1 amide bonds. The van der Waals surface area contributed by atoms with E-state index in [1.807, 2.05) is 6.07 Å². The molecule has 1 saturated heterocycles. The molecule has 1 aromatic carbocycles. The molecule has 0 aliphatic carbocycles. The largest absolute Gasteiger partial charge is 0.790 e. The number of ether oxygens (including phenoxy) is 1. The Labute approximate surface area is 145 Å². The zero-order valence-electron chi connectivity index (χ0n) is 13.8. The molecular formula is C16H17N2O6P-2. The van der Waals surface area contributed by atoms with Crippen LogP contribution >= 0.6 is 7.82 Å². The van der Waals surface area contributed by atoms with E-state index in [4.69, 9.17) is 14.5 Å². The molecule has 1 aromatic rings. The maximum absolute atomic E-state index is 12.3. The van der Waals surface area contributed by atoms with Gasteiger partial charge in [0.05, 0.1) is 25.5 Å². The molecule has 2 aliphatic heterocycles. The highest BCUT2D eigenvalue weighted by molar-refractivity contribution is 7.43. The Morgan fingerprint density at radius 1 is 1.44 bits per heavy atom. The molecule has 25 heavy (non-hydrogen) atoms. The number of carbonyl (C=O) groups is 1. The minimum absolute atomic E-state index is 0.156. The zero-order chi connectivity index (χ0) is 18.4. The minimum Gasteiger partial charge on any atom is -0.790 e. The van der Waals surface area contributed by atoms with Gasteiger partial charge in [-0.05, 0) is 38.5 Å². The molecule has 2 heterocycles. The van der Waals surface area contributed by atoms with E-state index in [1.165, 1.54) is 11.0 Å². The van der Waals surface area contributed by atoms with Gasteiger partial charge in [-0.15, -0.1) is 0 Å². The first-order valence-electron chi connectivity index (χ1n) is 7.85. The number of benzene rings is 1. The lowest BCUT2D eigenvalue weighted by molar-refractivity contribution is -0.349. The minimum atomic E-state index is -5.33. The van der Waals surface area contributed by atoms with E-state index in [-0.39, 0.29) is 5.91 Å². The number of nitriles is 1. The number of carbonyl (C=O) groups excluding carboxylic acids is 1. The lowest BCUT2D eigenvalue weighted by Crippen LogP contribution is -2.55. The second-order valence-corrected chi connectivity index (χ2v) is 7.78. The summed E-state index contributed by atoms with van der Waals surface area (Å²) in [5, 5.41) is 9.15. The van der Waals surface area contributed by atoms with Crippen LogP contribution in [0.3, 0.4) is 0 Å². The molecule has 0 spiro atoms. The van der Waals surface area contributed by atoms with Crippen molar-refractivity contribution in [1.82, 2.24) is 4.90 Å². The summed E-state index contributed by atoms with van der Waals surface area (Å²) in [6, 6.07) is 5.90. The van der Waals surface area contributed by atoms with Gasteiger partial charge in [-0.25, -0.2) is 0 Å². The lowest BCUT2D eigenvalue weighted by atomic mass is 9.85. The maximum atomic E-state index is 12.3. The van der Waals surface area contributed by atoms with Crippen LogP contribution in [0.4, 0.5) is 0 Å². The molecule has 8 nitrogen and oxygen atoms in total. The molecule has 2 atom stereocenters. The van der Waals surface area contributed by atoms with Crippen LogP contribution in [0.5, 0.6) is 5.75 Å². The third-order valence-electron chi connectivity index (χ3n) is 4.49. The van der Waals surface area contributed by atoms with Crippen molar-refractivity contribution in [1.29, 1.82) is 5.26 Å². The highest BCUT2D eigenvalue weighted by atomic mass is 31.2. The Balaban J connectivity index is 2.16. The van der Waals surface area contributed by atoms with E-state index in [2.05, 4.69) is 0 Å². The fourth-order valence-corrected chi connectivity index (χ4v) is 4.09. The Morgan fingerprint density at radius 3 is 2.72 bits per heavy atom. The number of hydrogen-bond donors (Lipinski definition) is 0. The van der Waals surface area contributed by atoms with Gasteiger partial charge in [0.25, 0.3) is 0 Å². The second kappa shape index (κ2) is 6.11. The third-order valence-corrected chi connectivity index (χ3v) is 4.98. The Hall–Kier alpha value is -1.91. The second-order valence-electron chi connectivity index (χ2n) is 6.68. The van der Waals surface area contributed by atoms with Gasteiger partial charge in [-0.3, -0.25) is 4.79 Å². The van der Waals surface area contributed by atoms with E-state index >= 15 is 0 Å². The Morgan fingerprint density at radius 2 is 2.16 bits per heavy atom. The van der Waals surface area contributed by atoms with Gasteiger partial charge in [0, 0.05) is 18.5 Å². The van der Waals surface area contributed by atoms with Gasteiger partial charge in [-0.2, -0.15) is 5.26 Å². The quantitative estimate of drug-likeness (QED) is 0.719. The fourth-order valence-electron chi connectivity index (χ4n) is 3.44. The van der Waals surface area contributed by atoms with Crippen LogP contribution in [0.15, 0.2) is 18.2 Å². The van der Waals surface area contributed by atoms with Crippen molar-refractivity contribution in [2.24, 2.45) is 0 Å². The van der Waals surface area contributed by atoms with Crippen molar-refractivity contribution in [2.75, 3.05) is 6.54 Å². The van der Waals surface area contributed by atoms with E-state index in [9.17, 15) is 19.1 Å². The summed E-state index contributed by atoms with van der Waals surface area (Å²) in [7, 11) is -5.33. The van der Waals surface area contributed by atoms with Crippen LogP contribution in [-0.2, 0) is 13.9 Å². The molecule has 9 heteroatoms. The molecule has 3 rings (SSSR count). The Bertz CT molecular complexity index is 796. The van der Waals surface area contributed by atoms with Crippen LogP contribution in [0.25, 0.3) is 0 Å². The van der Waals surface area contributed by atoms with E-state index in [1.54, 1.807) is 26.0 Å². The first kappa shape index (κ1) is 17.9. The first-order valence-corrected chi connectivity index (χ1v) is 9.31. The molecule has 0 radical (unpaired) electrons. The molecule has 2 unspecified atom stereocenters. The number of phosphoric acid groups is 1. The summed E-state index contributed by atoms with van der Waals surface area (Å²) in [6.07, 6.45) is -0.246. The number of phosphoric ester groups is 1. The molecule has 1 fully saturated rings. The summed E-state index contributed by atoms with van der Waals surface area (Å²) >= 11 is 0. The molecule has 0 bridgehead atoms. The third kappa shape index (κ3) is 3.42. The average Bonchev–Trinajstić information content (AvgIpc) is 2.92. The van der Waals surface area contributed by atoms with Crippen LogP contribution in [0.1, 0.15) is 43.9 Å². The van der Waals surface area contributed by atoms with Crippen LogP contribution in [0, 0.1) is 11.3 Å². The van der Waals surface area contributed by atoms with E-state index in [0.29, 0.717) is 36.3 Å². The smallest absolute Gasteiger partial charge is 0.223 e. The van der Waals surface area contributed by atoms with Crippen LogP contribution in [0.2, 0.25) is 0 Å². The molecule has 0 N–H and O–H groups in total. The van der Waals surface area contributed by atoms with Crippen LogP contribution in [-0.4, -0.2) is 29.1 Å². The van der Waals surface area contributed by atoms with E-state index in [0.717, 1.165) is 0 Å². The van der Waals surface area contributed by atoms with Crippen molar-refractivity contribution >= 4 is 13.7 Å². The molecular weight excluding hydrogens is 347 g/mol. The van der Waals surface area contributed by atoms with Crippen LogP contribution < -0.4 is 14.5 Å². The predicted molar refractivity (Wildman–Crippen MR) is 82.0 cm³/mol. The van der Waals surface area contributed by atoms with Crippen molar-refractivity contribution in [3.8, 4) is 11.8 Å². The summed E-state index contributed by atoms with van der Waals surface area (Å²) in [6.45, 7) is 3.61. The van der Waals surface area contributed by atoms with Crippen molar-refractivity contribution in [3.63, 3.8) is 0 Å². The summed E-state index contributed by atoms with van der Waals surface area (Å²) < 4.78 is 22.0. The van der Waals surface area contributed by atoms with Crippen molar-refractivity contribution in [3.05, 3.63) is 29.3 Å². The summed E-state index contributed by atoms with van der Waals surface area (Å²) in [5.41, 5.74) is -0.365. The van der Waals surface area contributed by atoms with Crippen molar-refractivity contribution < 1.29 is 28.4 Å². The zero-order valence-corrected chi connectivity index (χ0v) is 14.7. The number of amides is 1. The normalized spacial score (nSPS) is 25.2. The molecule has 2 aliphatic rings. The average molecular weight is 364 g/mol. The van der Waals surface area contributed by atoms with Gasteiger partial charge >= 0.3 is 0 Å². The van der Waals surface area contributed by atoms with Gasteiger partial charge < -0.3 is 28.5 Å². The topological polar surface area (TPSA) is 126 Å².